The van der Waals surface area contributed by atoms with E-state index >= 15 is 0 Å². The van der Waals surface area contributed by atoms with Crippen molar-refractivity contribution in [2.24, 2.45) is 0 Å². The quantitative estimate of drug-likeness (QED) is 0.174. The monoisotopic (exact) mass is 364 g/mol. The highest BCUT2D eigenvalue weighted by Gasteiger charge is 1.96. The highest BCUT2D eigenvalue weighted by atomic mass is 16.4. The fourth-order valence-corrected chi connectivity index (χ4v) is 3.15. The van der Waals surface area contributed by atoms with Gasteiger partial charge in [-0.1, -0.05) is 102 Å². The minimum Gasteiger partial charge on any atom is -0.481 e. The number of carbonyl (C=O) groups is 1. The van der Waals surface area contributed by atoms with Crippen LogP contribution in [-0.2, 0) is 4.79 Å². The lowest BCUT2D eigenvalue weighted by Gasteiger charge is -2.02. The molecule has 1 N–H and O–H groups in total. The number of hydrogen-bond acceptors (Lipinski definition) is 1. The molecule has 0 unspecified atom stereocenters. The van der Waals surface area contributed by atoms with Crippen LogP contribution in [0.15, 0.2) is 24.3 Å². The zero-order valence-electron chi connectivity index (χ0n) is 17.4. The number of carboxylic acid groups (broad SMARTS) is 1. The maximum Gasteiger partial charge on any atom is 0.303 e. The fourth-order valence-electron chi connectivity index (χ4n) is 3.15. The summed E-state index contributed by atoms with van der Waals surface area (Å²) in [5.41, 5.74) is 0. The van der Waals surface area contributed by atoms with Crippen LogP contribution in [-0.4, -0.2) is 11.1 Å². The van der Waals surface area contributed by atoms with Crippen LogP contribution >= 0.6 is 0 Å². The molecule has 0 atom stereocenters. The number of allylic oxidation sites excluding steroid dienone is 4. The van der Waals surface area contributed by atoms with Crippen molar-refractivity contribution in [3.63, 3.8) is 0 Å². The maximum absolute atomic E-state index is 10.4. The molecule has 0 aliphatic rings. The van der Waals surface area contributed by atoms with Crippen LogP contribution in [0.3, 0.4) is 0 Å². The molecular weight excluding hydrogens is 320 g/mol. The first-order valence-electron chi connectivity index (χ1n) is 11.3. The molecule has 0 saturated carbocycles. The largest absolute Gasteiger partial charge is 0.481 e. The van der Waals surface area contributed by atoms with Gasteiger partial charge in [0.25, 0.3) is 0 Å². The molecule has 0 rings (SSSR count). The van der Waals surface area contributed by atoms with Crippen molar-refractivity contribution >= 4 is 5.97 Å². The van der Waals surface area contributed by atoms with Gasteiger partial charge in [-0.2, -0.15) is 0 Å². The van der Waals surface area contributed by atoms with Gasteiger partial charge in [0.05, 0.1) is 0 Å². The van der Waals surface area contributed by atoms with Crippen LogP contribution in [0.4, 0.5) is 0 Å². The summed E-state index contributed by atoms with van der Waals surface area (Å²) in [5.74, 6) is -0.657. The fraction of sp³-hybridized carbons (Fsp3) is 0.792. The second kappa shape index (κ2) is 22.0. The van der Waals surface area contributed by atoms with Crippen molar-refractivity contribution in [3.8, 4) is 0 Å². The van der Waals surface area contributed by atoms with E-state index < -0.39 is 5.97 Å². The maximum atomic E-state index is 10.4. The Morgan fingerprint density at radius 3 is 1.50 bits per heavy atom. The van der Waals surface area contributed by atoms with Gasteiger partial charge in [0.15, 0.2) is 0 Å². The smallest absolute Gasteiger partial charge is 0.303 e. The molecule has 152 valence electrons. The average molecular weight is 365 g/mol. The molecule has 2 heteroatoms. The molecule has 0 aliphatic heterocycles. The third-order valence-corrected chi connectivity index (χ3v) is 4.84. The lowest BCUT2D eigenvalue weighted by atomic mass is 10.0. The van der Waals surface area contributed by atoms with Crippen molar-refractivity contribution in [1.29, 1.82) is 0 Å². The molecule has 0 radical (unpaired) electrons. The molecule has 0 bridgehead atoms. The van der Waals surface area contributed by atoms with Crippen molar-refractivity contribution in [1.82, 2.24) is 0 Å². The van der Waals surface area contributed by atoms with Crippen LogP contribution in [0.5, 0.6) is 0 Å². The summed E-state index contributed by atoms with van der Waals surface area (Å²) < 4.78 is 0. The van der Waals surface area contributed by atoms with Gasteiger partial charge in [0, 0.05) is 6.42 Å². The second-order valence-electron chi connectivity index (χ2n) is 7.50. The Morgan fingerprint density at radius 1 is 0.615 bits per heavy atom. The molecule has 2 nitrogen and oxygen atoms in total. The Morgan fingerprint density at radius 2 is 1.04 bits per heavy atom. The van der Waals surface area contributed by atoms with Gasteiger partial charge in [-0.3, -0.25) is 4.79 Å². The van der Waals surface area contributed by atoms with Gasteiger partial charge in [0.1, 0.15) is 0 Å². The standard InChI is InChI=1S/C24H44O2/c1-2-3-4-5-6-7-8-9-10-11-12-13-14-15-16-17-18-19-20-21-22-23-24(25)26/h6-7,9-10H,2-5,8,11-23H2,1H3,(H,25,26)/b7-6-,10-9-. The summed E-state index contributed by atoms with van der Waals surface area (Å²) >= 11 is 0. The van der Waals surface area contributed by atoms with Crippen molar-refractivity contribution in [3.05, 3.63) is 24.3 Å². The molecule has 0 saturated heterocycles. The van der Waals surface area contributed by atoms with Gasteiger partial charge in [-0.15, -0.1) is 0 Å². The normalized spacial score (nSPS) is 11.7. The number of carboxylic acids is 1. The first-order valence-corrected chi connectivity index (χ1v) is 11.3. The van der Waals surface area contributed by atoms with E-state index in [2.05, 4.69) is 31.2 Å². The second-order valence-corrected chi connectivity index (χ2v) is 7.50. The molecule has 0 aliphatic carbocycles. The molecule has 0 aromatic carbocycles. The number of rotatable bonds is 20. The van der Waals surface area contributed by atoms with Crippen molar-refractivity contribution in [2.45, 2.75) is 122 Å². The summed E-state index contributed by atoms with van der Waals surface area (Å²) in [4.78, 5) is 10.4. The molecule has 0 heterocycles. The minimum atomic E-state index is -0.657. The van der Waals surface area contributed by atoms with E-state index in [0.717, 1.165) is 19.3 Å². The summed E-state index contributed by atoms with van der Waals surface area (Å²) in [6, 6.07) is 0. The van der Waals surface area contributed by atoms with E-state index in [9.17, 15) is 4.79 Å². The van der Waals surface area contributed by atoms with Gasteiger partial charge in [0.2, 0.25) is 0 Å². The Balaban J connectivity index is 3.12. The van der Waals surface area contributed by atoms with Crippen LogP contribution in [0.1, 0.15) is 122 Å². The summed E-state index contributed by atoms with van der Waals surface area (Å²) in [6.07, 6.45) is 31.1. The minimum absolute atomic E-state index is 0.338. The van der Waals surface area contributed by atoms with Gasteiger partial charge in [-0.25, -0.2) is 0 Å². The predicted octanol–water partition coefficient (Wildman–Crippen LogP) is 8.23. The number of aliphatic carboxylic acids is 1. The SMILES string of the molecule is CCCCC/C=C\C/C=C\CCCCCCCCCCCCCC(=O)O. The molecule has 0 spiro atoms. The van der Waals surface area contributed by atoms with Gasteiger partial charge >= 0.3 is 5.97 Å². The molecule has 26 heavy (non-hydrogen) atoms. The summed E-state index contributed by atoms with van der Waals surface area (Å²) in [5, 5.41) is 8.57. The van der Waals surface area contributed by atoms with Gasteiger partial charge < -0.3 is 5.11 Å². The highest BCUT2D eigenvalue weighted by molar-refractivity contribution is 5.66. The highest BCUT2D eigenvalue weighted by Crippen LogP contribution is 2.12. The Hall–Kier alpha value is -1.05. The third-order valence-electron chi connectivity index (χ3n) is 4.84. The number of hydrogen-bond donors (Lipinski definition) is 1. The third kappa shape index (κ3) is 22.9. The predicted molar refractivity (Wildman–Crippen MR) is 115 cm³/mol. The molecular formula is C24H44O2. The lowest BCUT2D eigenvalue weighted by Crippen LogP contribution is -1.93. The van der Waals surface area contributed by atoms with Crippen LogP contribution < -0.4 is 0 Å². The van der Waals surface area contributed by atoms with Crippen LogP contribution in [0.2, 0.25) is 0 Å². The molecule has 0 amide bonds. The van der Waals surface area contributed by atoms with E-state index in [-0.39, 0.29) is 0 Å². The lowest BCUT2D eigenvalue weighted by molar-refractivity contribution is -0.137. The topological polar surface area (TPSA) is 37.3 Å². The first-order chi connectivity index (χ1) is 12.8. The van der Waals surface area contributed by atoms with E-state index in [1.807, 2.05) is 0 Å². The van der Waals surface area contributed by atoms with Crippen molar-refractivity contribution in [2.75, 3.05) is 0 Å². The zero-order chi connectivity index (χ0) is 19.1. The van der Waals surface area contributed by atoms with E-state index in [0.29, 0.717) is 6.42 Å². The van der Waals surface area contributed by atoms with E-state index in [1.165, 1.54) is 89.9 Å². The Kier molecular flexibility index (Phi) is 21.1. The molecule has 0 fully saturated rings. The molecule has 0 aromatic rings. The van der Waals surface area contributed by atoms with Crippen LogP contribution in [0, 0.1) is 0 Å². The van der Waals surface area contributed by atoms with E-state index in [1.54, 1.807) is 0 Å². The van der Waals surface area contributed by atoms with Crippen LogP contribution in [0.25, 0.3) is 0 Å². The average Bonchev–Trinajstić information content (AvgIpc) is 2.62. The molecule has 0 aromatic heterocycles. The van der Waals surface area contributed by atoms with Gasteiger partial charge in [-0.05, 0) is 38.5 Å². The van der Waals surface area contributed by atoms with Crippen molar-refractivity contribution < 1.29 is 9.90 Å². The first kappa shape index (κ1) is 24.9. The summed E-state index contributed by atoms with van der Waals surface area (Å²) in [6.45, 7) is 2.25. The van der Waals surface area contributed by atoms with E-state index in [4.69, 9.17) is 5.11 Å². The zero-order valence-corrected chi connectivity index (χ0v) is 17.4. The Bertz CT molecular complexity index is 344. The number of unbranched alkanes of at least 4 members (excludes halogenated alkanes) is 14. The summed E-state index contributed by atoms with van der Waals surface area (Å²) in [7, 11) is 0. The Labute approximate surface area is 163 Å².